The molecule has 3 aliphatic carbocycles. The predicted octanol–water partition coefficient (Wildman–Crippen LogP) is 10.2. The molecule has 0 unspecified atom stereocenters. The van der Waals surface area contributed by atoms with Crippen molar-refractivity contribution < 1.29 is 17.6 Å². The van der Waals surface area contributed by atoms with Gasteiger partial charge < -0.3 is 0 Å². The van der Waals surface area contributed by atoms with E-state index in [4.69, 9.17) is 0 Å². The molecule has 0 aliphatic heterocycles. The summed E-state index contributed by atoms with van der Waals surface area (Å²) in [5, 5.41) is 0. The van der Waals surface area contributed by atoms with Gasteiger partial charge in [-0.3, -0.25) is 0 Å². The molecule has 3 saturated carbocycles. The van der Waals surface area contributed by atoms with Gasteiger partial charge in [0, 0.05) is 0 Å². The van der Waals surface area contributed by atoms with Crippen molar-refractivity contribution in [2.24, 2.45) is 17.8 Å². The van der Waals surface area contributed by atoms with E-state index < -0.39 is 17.5 Å². The number of hydrogen-bond donors (Lipinski definition) is 0. The molecule has 0 bridgehead atoms. The zero-order chi connectivity index (χ0) is 25.2. The third kappa shape index (κ3) is 5.53. The minimum absolute atomic E-state index is 0.00663. The topological polar surface area (TPSA) is 0 Å². The first-order chi connectivity index (χ1) is 17.4. The van der Waals surface area contributed by atoms with Gasteiger partial charge in [-0.1, -0.05) is 25.5 Å². The van der Waals surface area contributed by atoms with E-state index in [0.29, 0.717) is 29.2 Å². The molecule has 0 amide bonds. The lowest BCUT2D eigenvalue weighted by molar-refractivity contribution is 0.176. The van der Waals surface area contributed by atoms with Crippen LogP contribution in [0.3, 0.4) is 0 Å². The van der Waals surface area contributed by atoms with Crippen LogP contribution < -0.4 is 0 Å². The zero-order valence-electron chi connectivity index (χ0n) is 21.6. The summed E-state index contributed by atoms with van der Waals surface area (Å²) in [7, 11) is 0. The van der Waals surface area contributed by atoms with Gasteiger partial charge in [-0.2, -0.15) is 0 Å². The monoisotopic (exact) mass is 500 g/mol. The fraction of sp³-hybridized carbons (Fsp3) is 0.625. The predicted molar refractivity (Wildman–Crippen MR) is 137 cm³/mol. The van der Waals surface area contributed by atoms with Gasteiger partial charge in [-0.25, -0.2) is 17.6 Å². The van der Waals surface area contributed by atoms with Crippen molar-refractivity contribution in [3.63, 3.8) is 0 Å². The second kappa shape index (κ2) is 11.3. The molecule has 3 fully saturated rings. The lowest BCUT2D eigenvalue weighted by Gasteiger charge is -2.38. The van der Waals surface area contributed by atoms with E-state index >= 15 is 4.39 Å². The molecule has 196 valence electrons. The molecule has 3 aliphatic rings. The first-order valence-electron chi connectivity index (χ1n) is 14.4. The van der Waals surface area contributed by atoms with Crippen molar-refractivity contribution in [2.75, 3.05) is 0 Å². The third-order valence-electron chi connectivity index (χ3n) is 10.0. The Morgan fingerprint density at radius 1 is 0.556 bits per heavy atom. The van der Waals surface area contributed by atoms with E-state index in [1.54, 1.807) is 0 Å². The fourth-order valence-electron chi connectivity index (χ4n) is 7.67. The van der Waals surface area contributed by atoms with Crippen LogP contribution in [0, 0.1) is 41.0 Å². The van der Waals surface area contributed by atoms with Crippen LogP contribution in [0.2, 0.25) is 0 Å². The summed E-state index contributed by atoms with van der Waals surface area (Å²) in [5.74, 6) is -0.497. The summed E-state index contributed by atoms with van der Waals surface area (Å²) < 4.78 is 55.9. The lowest BCUT2D eigenvalue weighted by Crippen LogP contribution is -2.25. The Kier molecular flexibility index (Phi) is 8.08. The molecule has 0 aromatic heterocycles. The molecular formula is C32H40F4. The normalized spacial score (nSPS) is 31.4. The van der Waals surface area contributed by atoms with Gasteiger partial charge in [0.15, 0.2) is 17.5 Å². The summed E-state index contributed by atoms with van der Waals surface area (Å²) in [4.78, 5) is 0. The maximum absolute atomic E-state index is 15.2. The van der Waals surface area contributed by atoms with Crippen LogP contribution in [-0.4, -0.2) is 0 Å². The minimum Gasteiger partial charge on any atom is -0.207 e. The smallest absolute Gasteiger partial charge is 0.194 e. The first kappa shape index (κ1) is 25.8. The molecule has 0 N–H and O–H groups in total. The van der Waals surface area contributed by atoms with Crippen molar-refractivity contribution in [3.8, 4) is 0 Å². The highest BCUT2D eigenvalue weighted by molar-refractivity contribution is 5.30. The van der Waals surface area contributed by atoms with Crippen LogP contribution in [0.25, 0.3) is 0 Å². The summed E-state index contributed by atoms with van der Waals surface area (Å²) in [5.41, 5.74) is 2.69. The highest BCUT2D eigenvalue weighted by Crippen LogP contribution is 2.46. The van der Waals surface area contributed by atoms with Gasteiger partial charge in [0.05, 0.1) is 0 Å². The molecule has 0 saturated heterocycles. The van der Waals surface area contributed by atoms with Crippen LogP contribution in [0.1, 0.15) is 125 Å². The highest BCUT2D eigenvalue weighted by atomic mass is 19.2. The summed E-state index contributed by atoms with van der Waals surface area (Å²) in [6, 6.07) is 8.45. The van der Waals surface area contributed by atoms with Gasteiger partial charge in [0.25, 0.3) is 0 Å². The molecule has 0 atom stereocenters. The summed E-state index contributed by atoms with van der Waals surface area (Å²) >= 11 is 0. The largest absolute Gasteiger partial charge is 0.207 e. The lowest BCUT2D eigenvalue weighted by atomic mass is 9.67. The van der Waals surface area contributed by atoms with Crippen molar-refractivity contribution >= 4 is 0 Å². The number of benzene rings is 2. The molecule has 0 heterocycles. The zero-order valence-corrected chi connectivity index (χ0v) is 21.6. The average molecular weight is 501 g/mol. The average Bonchev–Trinajstić information content (AvgIpc) is 2.92. The Morgan fingerprint density at radius 2 is 1.03 bits per heavy atom. The molecule has 0 spiro atoms. The number of rotatable bonds is 5. The molecular weight excluding hydrogens is 460 g/mol. The van der Waals surface area contributed by atoms with Crippen molar-refractivity contribution in [1.29, 1.82) is 0 Å². The van der Waals surface area contributed by atoms with E-state index in [0.717, 1.165) is 62.8 Å². The van der Waals surface area contributed by atoms with Gasteiger partial charge >= 0.3 is 0 Å². The van der Waals surface area contributed by atoms with Crippen LogP contribution >= 0.6 is 0 Å². The first-order valence-corrected chi connectivity index (χ1v) is 14.4. The summed E-state index contributed by atoms with van der Waals surface area (Å²) in [6.45, 7) is 2.28. The number of hydrogen-bond acceptors (Lipinski definition) is 0. The third-order valence-corrected chi connectivity index (χ3v) is 10.0. The van der Waals surface area contributed by atoms with Crippen LogP contribution in [0.15, 0.2) is 30.3 Å². The van der Waals surface area contributed by atoms with Crippen molar-refractivity contribution in [2.45, 2.75) is 108 Å². The van der Waals surface area contributed by atoms with Crippen LogP contribution in [0.5, 0.6) is 0 Å². The Labute approximate surface area is 213 Å². The Bertz CT molecular complexity index is 999. The Hall–Kier alpha value is -1.84. The maximum atomic E-state index is 15.2. The number of halogens is 4. The second-order valence-electron chi connectivity index (χ2n) is 11.9. The molecule has 2 aromatic carbocycles. The van der Waals surface area contributed by atoms with E-state index in [9.17, 15) is 13.2 Å². The second-order valence-corrected chi connectivity index (χ2v) is 11.9. The Morgan fingerprint density at radius 3 is 1.56 bits per heavy atom. The Balaban J connectivity index is 1.13. The standard InChI is InChI=1S/C32H40F4/c1-2-20-3-5-23(6-4-20)26-15-16-28(29(33)17-26)25-13-11-22(12-14-25)21-7-9-24(10-8-21)27-18-30(34)32(36)31(35)19-27/h15-25H,2-14H2,1H3. The van der Waals surface area contributed by atoms with Crippen molar-refractivity contribution in [1.82, 2.24) is 0 Å². The van der Waals surface area contributed by atoms with E-state index in [-0.39, 0.29) is 11.7 Å². The molecule has 2 aromatic rings. The van der Waals surface area contributed by atoms with E-state index in [2.05, 4.69) is 19.1 Å². The van der Waals surface area contributed by atoms with Gasteiger partial charge in [0.2, 0.25) is 0 Å². The van der Waals surface area contributed by atoms with Crippen LogP contribution in [-0.2, 0) is 0 Å². The highest BCUT2D eigenvalue weighted by Gasteiger charge is 2.33. The van der Waals surface area contributed by atoms with Gasteiger partial charge in [-0.05, 0) is 147 Å². The molecule has 0 nitrogen and oxygen atoms in total. The minimum atomic E-state index is -1.38. The van der Waals surface area contributed by atoms with Crippen molar-refractivity contribution in [3.05, 3.63) is 70.3 Å². The molecule has 5 rings (SSSR count). The SMILES string of the molecule is CCC1CCC(c2ccc(C3CCC(C4CCC(c5cc(F)c(F)c(F)c5)CC4)CC3)c(F)c2)CC1. The van der Waals surface area contributed by atoms with Gasteiger partial charge in [0.1, 0.15) is 5.82 Å². The quantitative estimate of drug-likeness (QED) is 0.283. The van der Waals surface area contributed by atoms with Gasteiger partial charge in [-0.15, -0.1) is 0 Å². The van der Waals surface area contributed by atoms with Crippen LogP contribution in [0.4, 0.5) is 17.6 Å². The fourth-order valence-corrected chi connectivity index (χ4v) is 7.67. The molecule has 4 heteroatoms. The summed E-state index contributed by atoms with van der Waals surface area (Å²) in [6.07, 6.45) is 14.4. The molecule has 36 heavy (non-hydrogen) atoms. The molecule has 0 radical (unpaired) electrons. The van der Waals surface area contributed by atoms with E-state index in [1.807, 2.05) is 6.07 Å². The van der Waals surface area contributed by atoms with E-state index in [1.165, 1.54) is 49.8 Å². The maximum Gasteiger partial charge on any atom is 0.194 e.